The highest BCUT2D eigenvalue weighted by molar-refractivity contribution is 8.02. The Labute approximate surface area is 238 Å². The van der Waals surface area contributed by atoms with Gasteiger partial charge in [-0.15, -0.1) is 23.1 Å². The lowest BCUT2D eigenvalue weighted by Crippen LogP contribution is -2.52. The Bertz CT molecular complexity index is 1330. The maximum atomic E-state index is 13.6. The first-order valence-electron chi connectivity index (χ1n) is 12.1. The third kappa shape index (κ3) is 8.09. The van der Waals surface area contributed by atoms with E-state index in [1.165, 1.54) is 17.6 Å². The minimum Gasteiger partial charge on any atom is -0.453 e. The predicted molar refractivity (Wildman–Crippen MR) is 157 cm³/mol. The number of rotatable bonds is 11. The highest BCUT2D eigenvalue weighted by Gasteiger charge is 2.30. The number of thiophene rings is 1. The first kappa shape index (κ1) is 28.7. The number of benzene rings is 2. The molecule has 0 fully saturated rings. The lowest BCUT2D eigenvalue weighted by Gasteiger charge is -2.25. The fourth-order valence-electron chi connectivity index (χ4n) is 4.14. The van der Waals surface area contributed by atoms with Crippen molar-refractivity contribution in [2.75, 3.05) is 11.8 Å². The number of ether oxygens (including phenoxy) is 1. The molecule has 2 aromatic carbocycles. The van der Waals surface area contributed by atoms with Crippen LogP contribution in [0.3, 0.4) is 0 Å². The van der Waals surface area contributed by atoms with E-state index >= 15 is 0 Å². The lowest BCUT2D eigenvalue weighted by molar-refractivity contribution is -0.123. The van der Waals surface area contributed by atoms with E-state index in [2.05, 4.69) is 39.0 Å². The third-order valence-corrected chi connectivity index (χ3v) is 8.80. The average Bonchev–Trinajstić information content (AvgIpc) is 3.58. The molecule has 5 N–H and O–H groups in total. The zero-order valence-electron chi connectivity index (χ0n) is 21.4. The Hall–Kier alpha value is -3.32. The molecule has 2 unspecified atom stereocenters. The second kappa shape index (κ2) is 13.7. The molecule has 2 amide bonds. The summed E-state index contributed by atoms with van der Waals surface area (Å²) in [7, 11) is 1.26. The first-order valence-corrected chi connectivity index (χ1v) is 15.1. The zero-order valence-corrected chi connectivity index (χ0v) is 23.8. The van der Waals surface area contributed by atoms with Crippen LogP contribution in [0, 0.1) is 6.92 Å². The SMILES string of the molecule is COC(=O)N[C@@H](Cc1ccccc1)C(=O)N[C@@H](Cc1ccc(NS(=O)O)cc1)C1=CSC(c2sccc2C)N1. The zero-order chi connectivity index (χ0) is 27.8. The van der Waals surface area contributed by atoms with Crippen LogP contribution in [-0.2, 0) is 33.6 Å². The van der Waals surface area contributed by atoms with E-state index < -0.39 is 29.4 Å². The quantitative estimate of drug-likeness (QED) is 0.210. The molecule has 0 saturated heterocycles. The van der Waals surface area contributed by atoms with Crippen molar-refractivity contribution in [1.82, 2.24) is 16.0 Å². The van der Waals surface area contributed by atoms with Crippen molar-refractivity contribution < 1.29 is 23.1 Å². The summed E-state index contributed by atoms with van der Waals surface area (Å²) in [5.74, 6) is -0.341. The number of hydrogen-bond donors (Lipinski definition) is 5. The molecule has 1 aromatic heterocycles. The van der Waals surface area contributed by atoms with Gasteiger partial charge in [0.15, 0.2) is 0 Å². The number of methoxy groups -OCH3 is 1. The Balaban J connectivity index is 1.55. The maximum Gasteiger partial charge on any atom is 0.407 e. The van der Waals surface area contributed by atoms with E-state index in [9.17, 15) is 13.8 Å². The Morgan fingerprint density at radius 1 is 1.05 bits per heavy atom. The van der Waals surface area contributed by atoms with E-state index in [1.807, 2.05) is 47.9 Å². The van der Waals surface area contributed by atoms with Crippen LogP contribution in [0.1, 0.15) is 26.9 Å². The summed E-state index contributed by atoms with van der Waals surface area (Å²) < 4.78 is 27.4. The molecule has 4 rings (SSSR count). The average molecular weight is 587 g/mol. The van der Waals surface area contributed by atoms with E-state index in [1.54, 1.807) is 35.2 Å². The van der Waals surface area contributed by atoms with Crippen molar-refractivity contribution >= 4 is 52.1 Å². The molecule has 39 heavy (non-hydrogen) atoms. The van der Waals surface area contributed by atoms with E-state index in [-0.39, 0.29) is 11.3 Å². The molecule has 0 bridgehead atoms. The Morgan fingerprint density at radius 3 is 2.41 bits per heavy atom. The molecule has 1 aliphatic rings. The second-order valence-corrected chi connectivity index (χ2v) is 11.5. The van der Waals surface area contributed by atoms with Crippen molar-refractivity contribution in [1.29, 1.82) is 0 Å². The van der Waals surface area contributed by atoms with Crippen molar-refractivity contribution in [3.8, 4) is 0 Å². The summed E-state index contributed by atoms with van der Waals surface area (Å²) in [5, 5.41) is 13.5. The summed E-state index contributed by atoms with van der Waals surface area (Å²) in [6, 6.07) is 17.4. The van der Waals surface area contributed by atoms with Crippen LogP contribution in [0.25, 0.3) is 0 Å². The van der Waals surface area contributed by atoms with Gasteiger partial charge in [-0.3, -0.25) is 14.1 Å². The van der Waals surface area contributed by atoms with E-state index in [0.29, 0.717) is 18.5 Å². The smallest absolute Gasteiger partial charge is 0.407 e. The highest BCUT2D eigenvalue weighted by atomic mass is 32.2. The van der Waals surface area contributed by atoms with Gasteiger partial charge in [0.25, 0.3) is 11.3 Å². The van der Waals surface area contributed by atoms with Crippen molar-refractivity contribution in [2.24, 2.45) is 0 Å². The van der Waals surface area contributed by atoms with Gasteiger partial charge < -0.3 is 20.7 Å². The van der Waals surface area contributed by atoms with E-state index in [4.69, 9.17) is 9.29 Å². The molecule has 3 aromatic rings. The number of alkyl carbamates (subject to hydrolysis) is 1. The summed E-state index contributed by atoms with van der Waals surface area (Å²) in [6.07, 6.45) is 0.0693. The van der Waals surface area contributed by atoms with Gasteiger partial charge in [-0.05, 0) is 59.0 Å². The lowest BCUT2D eigenvalue weighted by atomic mass is 10.0. The van der Waals surface area contributed by atoms with Crippen molar-refractivity contribution in [2.45, 2.75) is 37.2 Å². The monoisotopic (exact) mass is 586 g/mol. The fourth-order valence-corrected chi connectivity index (χ4v) is 6.70. The van der Waals surface area contributed by atoms with Gasteiger partial charge in [-0.1, -0.05) is 42.5 Å². The Kier molecular flexibility index (Phi) is 10.0. The van der Waals surface area contributed by atoms with Gasteiger partial charge in [0.1, 0.15) is 11.4 Å². The van der Waals surface area contributed by atoms with Gasteiger partial charge in [-0.2, -0.15) is 0 Å². The molecular formula is C27H30N4O5S3. The van der Waals surface area contributed by atoms with Gasteiger partial charge in [-0.25, -0.2) is 9.00 Å². The summed E-state index contributed by atoms with van der Waals surface area (Å²) in [5.41, 5.74) is 4.39. The standard InChI is InChI=1S/C27H30N4O5S3/c1-17-12-13-37-24(17)26-29-23(16-38-26)21(14-19-8-10-20(11-9-19)31-39(34)35)28-25(32)22(30-27(33)36-2)15-18-6-4-3-5-7-18/h3-13,16,21-22,26,29,31H,14-15H2,1-2H3,(H,28,32)(H,30,33)(H,34,35)/t21-,22-,26?/m0/s1. The molecule has 4 atom stereocenters. The highest BCUT2D eigenvalue weighted by Crippen LogP contribution is 2.39. The molecule has 0 aliphatic carbocycles. The number of hydrogen-bond acceptors (Lipinski definition) is 7. The van der Waals surface area contributed by atoms with Crippen LogP contribution < -0.4 is 20.7 Å². The number of aryl methyl sites for hydroxylation is 1. The Morgan fingerprint density at radius 2 is 1.77 bits per heavy atom. The van der Waals surface area contributed by atoms with Crippen molar-refractivity contribution in [3.63, 3.8) is 0 Å². The van der Waals surface area contributed by atoms with E-state index in [0.717, 1.165) is 16.8 Å². The third-order valence-electron chi connectivity index (χ3n) is 6.14. The molecule has 206 valence electrons. The molecule has 0 radical (unpaired) electrons. The van der Waals surface area contributed by atoms with Gasteiger partial charge in [0, 0.05) is 22.7 Å². The first-order chi connectivity index (χ1) is 18.8. The predicted octanol–water partition coefficient (Wildman–Crippen LogP) is 4.48. The summed E-state index contributed by atoms with van der Waals surface area (Å²) >= 11 is 1.16. The van der Waals surface area contributed by atoms with Crippen LogP contribution in [0.5, 0.6) is 0 Å². The van der Waals surface area contributed by atoms with Crippen LogP contribution in [0.2, 0.25) is 0 Å². The topological polar surface area (TPSA) is 129 Å². The minimum atomic E-state index is -2.17. The normalized spacial score (nSPS) is 16.8. The molecule has 0 saturated carbocycles. The number of thioether (sulfide) groups is 1. The van der Waals surface area contributed by atoms with Crippen molar-refractivity contribution in [3.05, 3.63) is 98.7 Å². The summed E-state index contributed by atoms with van der Waals surface area (Å²) in [6.45, 7) is 2.08. The number of carbonyl (C=O) groups excluding carboxylic acids is 2. The number of amides is 2. The van der Waals surface area contributed by atoms with Crippen LogP contribution in [-0.4, -0.2) is 40.0 Å². The molecule has 12 heteroatoms. The van der Waals surface area contributed by atoms with Crippen LogP contribution >= 0.6 is 23.1 Å². The molecule has 1 aliphatic heterocycles. The summed E-state index contributed by atoms with van der Waals surface area (Å²) in [4.78, 5) is 26.9. The molecular weight excluding hydrogens is 557 g/mol. The number of nitrogens with one attached hydrogen (secondary N) is 4. The minimum absolute atomic E-state index is 0.0406. The van der Waals surface area contributed by atoms with Crippen LogP contribution in [0.15, 0.2) is 77.1 Å². The van der Waals surface area contributed by atoms with Crippen LogP contribution in [0.4, 0.5) is 10.5 Å². The maximum absolute atomic E-state index is 13.6. The largest absolute Gasteiger partial charge is 0.453 e. The molecule has 2 heterocycles. The van der Waals surface area contributed by atoms with Gasteiger partial charge in [0.05, 0.1) is 13.2 Å². The van der Waals surface area contributed by atoms with Gasteiger partial charge >= 0.3 is 6.09 Å². The number of anilines is 1. The van der Waals surface area contributed by atoms with Gasteiger partial charge in [0.2, 0.25) is 5.91 Å². The number of carbonyl (C=O) groups is 2. The fraction of sp³-hybridized carbons (Fsp3) is 0.259. The second-order valence-electron chi connectivity index (χ2n) is 8.89. The molecule has 9 nitrogen and oxygen atoms in total. The molecule has 0 spiro atoms.